The van der Waals surface area contributed by atoms with Crippen molar-refractivity contribution in [3.63, 3.8) is 0 Å². The number of rotatable bonds is 4. The highest BCUT2D eigenvalue weighted by molar-refractivity contribution is 5.60. The van der Waals surface area contributed by atoms with Gasteiger partial charge in [0, 0.05) is 0 Å². The van der Waals surface area contributed by atoms with Crippen molar-refractivity contribution in [1.29, 1.82) is 0 Å². The van der Waals surface area contributed by atoms with Crippen LogP contribution < -0.4 is 0 Å². The van der Waals surface area contributed by atoms with E-state index in [-0.39, 0.29) is 6.29 Å². The van der Waals surface area contributed by atoms with Gasteiger partial charge in [-0.2, -0.15) is 0 Å². The van der Waals surface area contributed by atoms with Crippen molar-refractivity contribution in [3.05, 3.63) is 0 Å². The standard InChI is InChI=1S/C5H10O6/c6-1-3(8)4(9)5(10,11)2-7/h2-4,6,8-11H,1H2/t3-,4-/m0/s1. The molecule has 66 valence electrons. The van der Waals surface area contributed by atoms with Crippen molar-refractivity contribution in [3.8, 4) is 0 Å². The molecule has 0 fully saturated rings. The fraction of sp³-hybridized carbons (Fsp3) is 0.800. The molecule has 0 amide bonds. The monoisotopic (exact) mass is 166 g/mol. The van der Waals surface area contributed by atoms with Crippen LogP contribution in [0.1, 0.15) is 0 Å². The number of aliphatic hydroxyl groups excluding tert-OH is 3. The van der Waals surface area contributed by atoms with E-state index in [1.807, 2.05) is 0 Å². The Kier molecular flexibility index (Phi) is 3.56. The van der Waals surface area contributed by atoms with E-state index < -0.39 is 24.6 Å². The summed E-state index contributed by atoms with van der Waals surface area (Å²) in [5, 5.41) is 42.7. The largest absolute Gasteiger partial charge is 0.394 e. The topological polar surface area (TPSA) is 118 Å². The third-order valence-corrected chi connectivity index (χ3v) is 1.16. The lowest BCUT2D eigenvalue weighted by molar-refractivity contribution is -0.230. The maximum Gasteiger partial charge on any atom is 0.250 e. The first-order valence-electron chi connectivity index (χ1n) is 2.83. The number of hydrogen-bond acceptors (Lipinski definition) is 6. The highest BCUT2D eigenvalue weighted by Crippen LogP contribution is 2.06. The van der Waals surface area contributed by atoms with Gasteiger partial charge in [0.1, 0.15) is 12.2 Å². The number of carbonyl (C=O) groups excluding carboxylic acids is 1. The maximum atomic E-state index is 9.84. The molecule has 0 heterocycles. The van der Waals surface area contributed by atoms with Gasteiger partial charge in [0.2, 0.25) is 0 Å². The molecule has 6 nitrogen and oxygen atoms in total. The van der Waals surface area contributed by atoms with Crippen molar-refractivity contribution < 1.29 is 30.3 Å². The predicted octanol–water partition coefficient (Wildman–Crippen LogP) is -3.42. The first-order chi connectivity index (χ1) is 4.95. The van der Waals surface area contributed by atoms with Gasteiger partial charge in [-0.3, -0.25) is 4.79 Å². The highest BCUT2D eigenvalue weighted by Gasteiger charge is 2.37. The van der Waals surface area contributed by atoms with Gasteiger partial charge in [-0.05, 0) is 0 Å². The third kappa shape index (κ3) is 2.52. The number of hydrogen-bond donors (Lipinski definition) is 5. The quantitative estimate of drug-likeness (QED) is 0.219. The zero-order valence-electron chi connectivity index (χ0n) is 5.58. The van der Waals surface area contributed by atoms with Gasteiger partial charge in [-0.15, -0.1) is 0 Å². The van der Waals surface area contributed by atoms with E-state index in [2.05, 4.69) is 0 Å². The molecular formula is C5H10O6. The summed E-state index contributed by atoms with van der Waals surface area (Å²) in [6.45, 7) is -0.863. The molecule has 0 saturated carbocycles. The first kappa shape index (κ1) is 10.5. The average molecular weight is 166 g/mol. The molecule has 0 radical (unpaired) electrons. The van der Waals surface area contributed by atoms with Gasteiger partial charge in [0.15, 0.2) is 6.29 Å². The van der Waals surface area contributed by atoms with Gasteiger partial charge in [0.05, 0.1) is 6.61 Å². The molecule has 0 aromatic rings. The molecule has 0 rings (SSSR count). The summed E-state index contributed by atoms with van der Waals surface area (Å²) < 4.78 is 0. The normalized spacial score (nSPS) is 17.5. The van der Waals surface area contributed by atoms with E-state index in [0.717, 1.165) is 0 Å². The lowest BCUT2D eigenvalue weighted by Crippen LogP contribution is -2.51. The van der Waals surface area contributed by atoms with E-state index >= 15 is 0 Å². The minimum atomic E-state index is -3.01. The van der Waals surface area contributed by atoms with Gasteiger partial charge >= 0.3 is 0 Å². The van der Waals surface area contributed by atoms with Crippen LogP contribution in [0, 0.1) is 0 Å². The van der Waals surface area contributed by atoms with Crippen LogP contribution in [0.2, 0.25) is 0 Å². The Morgan fingerprint density at radius 2 is 1.82 bits per heavy atom. The second kappa shape index (κ2) is 3.74. The molecule has 0 spiro atoms. The maximum absolute atomic E-state index is 9.84. The fourth-order valence-electron chi connectivity index (χ4n) is 0.453. The van der Waals surface area contributed by atoms with Crippen LogP contribution in [0.25, 0.3) is 0 Å². The second-order valence-electron chi connectivity index (χ2n) is 2.10. The minimum Gasteiger partial charge on any atom is -0.394 e. The number of aldehydes is 1. The Morgan fingerprint density at radius 1 is 1.36 bits per heavy atom. The zero-order chi connectivity index (χ0) is 9.07. The van der Waals surface area contributed by atoms with Crippen LogP contribution in [-0.4, -0.2) is 56.4 Å². The zero-order valence-corrected chi connectivity index (χ0v) is 5.58. The fourth-order valence-corrected chi connectivity index (χ4v) is 0.453. The van der Waals surface area contributed by atoms with Crippen LogP contribution >= 0.6 is 0 Å². The van der Waals surface area contributed by atoms with Crippen molar-refractivity contribution >= 4 is 6.29 Å². The predicted molar refractivity (Wildman–Crippen MR) is 32.3 cm³/mol. The SMILES string of the molecule is O=CC(O)(O)[C@@H](O)[C@@H](O)CO. The Bertz CT molecular complexity index is 133. The molecule has 0 aliphatic rings. The summed E-state index contributed by atoms with van der Waals surface area (Å²) in [6.07, 6.45) is -4.20. The lowest BCUT2D eigenvalue weighted by atomic mass is 10.1. The summed E-state index contributed by atoms with van der Waals surface area (Å²) in [4.78, 5) is 9.84. The van der Waals surface area contributed by atoms with Crippen molar-refractivity contribution in [2.24, 2.45) is 0 Å². The number of carbonyl (C=O) groups is 1. The van der Waals surface area contributed by atoms with Crippen molar-refractivity contribution in [1.82, 2.24) is 0 Å². The van der Waals surface area contributed by atoms with E-state index in [1.54, 1.807) is 0 Å². The molecule has 11 heavy (non-hydrogen) atoms. The summed E-state index contributed by atoms with van der Waals surface area (Å²) >= 11 is 0. The van der Waals surface area contributed by atoms with Crippen LogP contribution in [0.15, 0.2) is 0 Å². The molecular weight excluding hydrogens is 156 g/mol. The van der Waals surface area contributed by atoms with Crippen LogP contribution in [0.4, 0.5) is 0 Å². The molecule has 0 bridgehead atoms. The second-order valence-corrected chi connectivity index (χ2v) is 2.10. The summed E-state index contributed by atoms with van der Waals surface area (Å²) in [6, 6.07) is 0. The van der Waals surface area contributed by atoms with Crippen LogP contribution in [0.3, 0.4) is 0 Å². The van der Waals surface area contributed by atoms with E-state index in [4.69, 9.17) is 25.5 Å². The smallest absolute Gasteiger partial charge is 0.250 e. The molecule has 0 aliphatic heterocycles. The van der Waals surface area contributed by atoms with Gasteiger partial charge in [0.25, 0.3) is 5.79 Å². The van der Waals surface area contributed by atoms with Crippen molar-refractivity contribution in [2.45, 2.75) is 18.0 Å². The molecule has 2 atom stereocenters. The van der Waals surface area contributed by atoms with Crippen molar-refractivity contribution in [2.75, 3.05) is 6.61 Å². The van der Waals surface area contributed by atoms with Crippen LogP contribution in [0.5, 0.6) is 0 Å². The molecule has 0 aliphatic carbocycles. The summed E-state index contributed by atoms with van der Waals surface area (Å²) in [5.74, 6) is -3.01. The molecule has 0 saturated heterocycles. The highest BCUT2D eigenvalue weighted by atomic mass is 16.5. The molecule has 5 N–H and O–H groups in total. The summed E-state index contributed by atoms with van der Waals surface area (Å²) in [5.41, 5.74) is 0. The van der Waals surface area contributed by atoms with Gasteiger partial charge < -0.3 is 25.5 Å². The first-order valence-corrected chi connectivity index (χ1v) is 2.83. The molecule has 6 heteroatoms. The molecule has 0 aromatic carbocycles. The molecule has 0 aromatic heterocycles. The number of aliphatic hydroxyl groups is 5. The minimum absolute atomic E-state index is 0.337. The van der Waals surface area contributed by atoms with Gasteiger partial charge in [-0.1, -0.05) is 0 Å². The average Bonchev–Trinajstić information content (AvgIpc) is 2.01. The summed E-state index contributed by atoms with van der Waals surface area (Å²) in [7, 11) is 0. The van der Waals surface area contributed by atoms with E-state index in [9.17, 15) is 4.79 Å². The Balaban J connectivity index is 4.21. The molecule has 0 unspecified atom stereocenters. The van der Waals surface area contributed by atoms with Crippen LogP contribution in [-0.2, 0) is 4.79 Å². The Morgan fingerprint density at radius 3 is 2.09 bits per heavy atom. The Hall–Kier alpha value is -0.530. The Labute approximate surface area is 62.3 Å². The van der Waals surface area contributed by atoms with Gasteiger partial charge in [-0.25, -0.2) is 0 Å². The third-order valence-electron chi connectivity index (χ3n) is 1.16. The van der Waals surface area contributed by atoms with E-state index in [1.165, 1.54) is 0 Å². The van der Waals surface area contributed by atoms with E-state index in [0.29, 0.717) is 0 Å². The lowest BCUT2D eigenvalue weighted by Gasteiger charge is -2.24.